The van der Waals surface area contributed by atoms with Gasteiger partial charge in [-0.15, -0.1) is 0 Å². The molecule has 0 bridgehead atoms. The number of rotatable bonds is 6. The van der Waals surface area contributed by atoms with Crippen LogP contribution in [0.15, 0.2) is 48.5 Å². The summed E-state index contributed by atoms with van der Waals surface area (Å²) in [6.45, 7) is 0.402. The second-order valence-corrected chi connectivity index (χ2v) is 4.34. The van der Waals surface area contributed by atoms with E-state index in [1.54, 1.807) is 14.2 Å². The molecule has 4 nitrogen and oxygen atoms in total. The predicted octanol–water partition coefficient (Wildman–Crippen LogP) is 2.78. The van der Waals surface area contributed by atoms with Gasteiger partial charge in [-0.05, 0) is 29.8 Å². The first-order chi connectivity index (χ1) is 9.74. The van der Waals surface area contributed by atoms with Crippen molar-refractivity contribution >= 4 is 0 Å². The molecule has 0 aromatic heterocycles. The highest BCUT2D eigenvalue weighted by molar-refractivity contribution is 5.43. The molecular weight excluding hydrogens is 254 g/mol. The van der Waals surface area contributed by atoms with E-state index in [-0.39, 0.29) is 6.04 Å². The molecule has 1 unspecified atom stereocenters. The summed E-state index contributed by atoms with van der Waals surface area (Å²) in [5.74, 6) is 2.16. The average Bonchev–Trinajstić information content (AvgIpc) is 2.52. The maximum absolute atomic E-state index is 6.14. The normalized spacial score (nSPS) is 11.8. The maximum Gasteiger partial charge on any atom is 0.161 e. The van der Waals surface area contributed by atoms with Gasteiger partial charge in [0.1, 0.15) is 12.4 Å². The molecule has 2 aromatic carbocycles. The number of para-hydroxylation sites is 1. The first-order valence-electron chi connectivity index (χ1n) is 6.40. The molecule has 0 spiro atoms. The van der Waals surface area contributed by atoms with E-state index in [0.717, 1.165) is 11.3 Å². The molecule has 0 fully saturated rings. The Bertz CT molecular complexity index is 543. The lowest BCUT2D eigenvalue weighted by Gasteiger charge is -2.15. The predicted molar refractivity (Wildman–Crippen MR) is 78.4 cm³/mol. The zero-order valence-corrected chi connectivity index (χ0v) is 11.7. The van der Waals surface area contributed by atoms with Crippen molar-refractivity contribution in [1.29, 1.82) is 0 Å². The third-order valence-corrected chi connectivity index (χ3v) is 3.01. The Morgan fingerprint density at radius 3 is 2.30 bits per heavy atom. The Morgan fingerprint density at radius 2 is 1.65 bits per heavy atom. The summed E-state index contributed by atoms with van der Waals surface area (Å²) in [7, 11) is 3.21. The van der Waals surface area contributed by atoms with Crippen molar-refractivity contribution in [3.05, 3.63) is 54.1 Å². The minimum atomic E-state index is -0.227. The lowest BCUT2D eigenvalue weighted by atomic mass is 10.1. The third kappa shape index (κ3) is 3.42. The maximum atomic E-state index is 6.14. The SMILES string of the molecule is COc1ccc(C(N)COc2ccccc2)cc1OC. The van der Waals surface area contributed by atoms with Gasteiger partial charge in [0.05, 0.1) is 20.3 Å². The van der Waals surface area contributed by atoms with Crippen LogP contribution in [0.3, 0.4) is 0 Å². The van der Waals surface area contributed by atoms with E-state index in [4.69, 9.17) is 19.9 Å². The van der Waals surface area contributed by atoms with E-state index in [1.807, 2.05) is 48.5 Å². The average molecular weight is 273 g/mol. The molecule has 2 N–H and O–H groups in total. The van der Waals surface area contributed by atoms with E-state index in [0.29, 0.717) is 18.1 Å². The molecule has 20 heavy (non-hydrogen) atoms. The fourth-order valence-corrected chi connectivity index (χ4v) is 1.88. The first kappa shape index (κ1) is 14.2. The molecule has 2 aromatic rings. The zero-order valence-electron chi connectivity index (χ0n) is 11.7. The molecule has 0 aliphatic carbocycles. The number of benzene rings is 2. The van der Waals surface area contributed by atoms with Gasteiger partial charge in [0.25, 0.3) is 0 Å². The van der Waals surface area contributed by atoms with E-state index in [1.165, 1.54) is 0 Å². The fraction of sp³-hybridized carbons (Fsp3) is 0.250. The van der Waals surface area contributed by atoms with Gasteiger partial charge in [0.15, 0.2) is 11.5 Å². The van der Waals surface area contributed by atoms with Crippen molar-refractivity contribution in [3.63, 3.8) is 0 Å². The fourth-order valence-electron chi connectivity index (χ4n) is 1.88. The largest absolute Gasteiger partial charge is 0.493 e. The Balaban J connectivity index is 2.03. The molecule has 2 rings (SSSR count). The van der Waals surface area contributed by atoms with Crippen LogP contribution in [0.25, 0.3) is 0 Å². The number of nitrogens with two attached hydrogens (primary N) is 1. The topological polar surface area (TPSA) is 53.7 Å². The van der Waals surface area contributed by atoms with Gasteiger partial charge in [-0.1, -0.05) is 24.3 Å². The third-order valence-electron chi connectivity index (χ3n) is 3.01. The molecule has 0 saturated heterocycles. The monoisotopic (exact) mass is 273 g/mol. The van der Waals surface area contributed by atoms with Crippen LogP contribution in [-0.4, -0.2) is 20.8 Å². The second kappa shape index (κ2) is 6.82. The van der Waals surface area contributed by atoms with Crippen molar-refractivity contribution in [2.75, 3.05) is 20.8 Å². The molecular formula is C16H19NO3. The molecule has 0 aliphatic rings. The summed E-state index contributed by atoms with van der Waals surface area (Å²) in [5, 5.41) is 0. The quantitative estimate of drug-likeness (QED) is 0.879. The van der Waals surface area contributed by atoms with Crippen LogP contribution < -0.4 is 19.9 Å². The molecule has 0 heterocycles. The number of methoxy groups -OCH3 is 2. The zero-order chi connectivity index (χ0) is 14.4. The van der Waals surface area contributed by atoms with Gasteiger partial charge >= 0.3 is 0 Å². The minimum absolute atomic E-state index is 0.227. The van der Waals surface area contributed by atoms with E-state index < -0.39 is 0 Å². The van der Waals surface area contributed by atoms with Gasteiger partial charge in [-0.2, -0.15) is 0 Å². The standard InChI is InChI=1S/C16H19NO3/c1-18-15-9-8-12(10-16(15)19-2)14(17)11-20-13-6-4-3-5-7-13/h3-10,14H,11,17H2,1-2H3. The first-order valence-corrected chi connectivity index (χ1v) is 6.40. The van der Waals surface area contributed by atoms with Gasteiger partial charge in [-0.25, -0.2) is 0 Å². The summed E-state index contributed by atoms with van der Waals surface area (Å²) in [4.78, 5) is 0. The van der Waals surface area contributed by atoms with Gasteiger partial charge in [-0.3, -0.25) is 0 Å². The van der Waals surface area contributed by atoms with Crippen LogP contribution in [-0.2, 0) is 0 Å². The summed E-state index contributed by atoms with van der Waals surface area (Å²) in [6.07, 6.45) is 0. The number of hydrogen-bond donors (Lipinski definition) is 1. The van der Waals surface area contributed by atoms with Crippen molar-refractivity contribution in [2.24, 2.45) is 5.73 Å². The highest BCUT2D eigenvalue weighted by atomic mass is 16.5. The van der Waals surface area contributed by atoms with Crippen LogP contribution in [0.4, 0.5) is 0 Å². The van der Waals surface area contributed by atoms with Gasteiger partial charge in [0.2, 0.25) is 0 Å². The summed E-state index contributed by atoms with van der Waals surface area (Å²) in [5.41, 5.74) is 7.08. The Morgan fingerprint density at radius 1 is 0.950 bits per heavy atom. The Hall–Kier alpha value is -2.20. The summed E-state index contributed by atoms with van der Waals surface area (Å²) >= 11 is 0. The van der Waals surface area contributed by atoms with E-state index in [9.17, 15) is 0 Å². The summed E-state index contributed by atoms with van der Waals surface area (Å²) < 4.78 is 16.1. The van der Waals surface area contributed by atoms with Crippen LogP contribution in [0.2, 0.25) is 0 Å². The van der Waals surface area contributed by atoms with Crippen molar-refractivity contribution in [1.82, 2.24) is 0 Å². The molecule has 0 amide bonds. The molecule has 0 radical (unpaired) electrons. The summed E-state index contributed by atoms with van der Waals surface area (Å²) in [6, 6.07) is 15.0. The number of hydrogen-bond acceptors (Lipinski definition) is 4. The second-order valence-electron chi connectivity index (χ2n) is 4.34. The van der Waals surface area contributed by atoms with Crippen LogP contribution in [0.5, 0.6) is 17.2 Å². The van der Waals surface area contributed by atoms with Crippen LogP contribution >= 0.6 is 0 Å². The molecule has 1 atom stereocenters. The van der Waals surface area contributed by atoms with E-state index in [2.05, 4.69) is 0 Å². The highest BCUT2D eigenvalue weighted by Gasteiger charge is 2.11. The van der Waals surface area contributed by atoms with E-state index >= 15 is 0 Å². The molecule has 106 valence electrons. The highest BCUT2D eigenvalue weighted by Crippen LogP contribution is 2.29. The van der Waals surface area contributed by atoms with Crippen LogP contribution in [0, 0.1) is 0 Å². The van der Waals surface area contributed by atoms with Crippen LogP contribution in [0.1, 0.15) is 11.6 Å². The minimum Gasteiger partial charge on any atom is -0.493 e. The lowest BCUT2D eigenvalue weighted by Crippen LogP contribution is -2.19. The smallest absolute Gasteiger partial charge is 0.161 e. The lowest BCUT2D eigenvalue weighted by molar-refractivity contribution is 0.290. The molecule has 0 saturated carbocycles. The van der Waals surface area contributed by atoms with Crippen molar-refractivity contribution in [3.8, 4) is 17.2 Å². The Kier molecular flexibility index (Phi) is 4.85. The van der Waals surface area contributed by atoms with Gasteiger partial charge in [0, 0.05) is 0 Å². The molecule has 0 aliphatic heterocycles. The van der Waals surface area contributed by atoms with Crippen molar-refractivity contribution < 1.29 is 14.2 Å². The van der Waals surface area contributed by atoms with Crippen molar-refractivity contribution in [2.45, 2.75) is 6.04 Å². The molecule has 4 heteroatoms. The number of ether oxygens (including phenoxy) is 3. The van der Waals surface area contributed by atoms with Gasteiger partial charge < -0.3 is 19.9 Å². The Labute approximate surface area is 119 Å².